The van der Waals surface area contributed by atoms with Crippen LogP contribution in [0.3, 0.4) is 0 Å². The van der Waals surface area contributed by atoms with E-state index >= 15 is 0 Å². The second-order valence-electron chi connectivity index (χ2n) is 2.82. The second-order valence-corrected chi connectivity index (χ2v) is 5.22. The Labute approximate surface area is 99.6 Å². The number of ether oxygens (including phenoxy) is 1. The molecule has 1 aromatic carbocycles. The Balaban J connectivity index is 2.24. The molecule has 15 heavy (non-hydrogen) atoms. The van der Waals surface area contributed by atoms with Crippen LogP contribution >= 0.6 is 27.3 Å². The van der Waals surface area contributed by atoms with Crippen molar-refractivity contribution in [2.75, 3.05) is 0 Å². The fraction of sp³-hybridized carbons (Fsp3) is 0. The van der Waals surface area contributed by atoms with Crippen molar-refractivity contribution in [3.8, 4) is 11.5 Å². The maximum absolute atomic E-state index is 10.6. The summed E-state index contributed by atoms with van der Waals surface area (Å²) in [6, 6.07) is 11.2. The molecule has 1 aromatic heterocycles. The van der Waals surface area contributed by atoms with E-state index in [1.165, 1.54) is 11.3 Å². The largest absolute Gasteiger partial charge is 0.455 e. The molecule has 0 amide bonds. The Morgan fingerprint density at radius 2 is 2.00 bits per heavy atom. The number of para-hydroxylation sites is 1. The zero-order valence-electron chi connectivity index (χ0n) is 7.64. The third-order valence-corrected chi connectivity index (χ3v) is 3.47. The van der Waals surface area contributed by atoms with Gasteiger partial charge in [-0.15, -0.1) is 11.3 Å². The van der Waals surface area contributed by atoms with Crippen LogP contribution < -0.4 is 4.74 Å². The molecule has 0 saturated carbocycles. The highest BCUT2D eigenvalue weighted by Crippen LogP contribution is 2.36. The topological polar surface area (TPSA) is 26.3 Å². The van der Waals surface area contributed by atoms with E-state index in [-0.39, 0.29) is 0 Å². The number of halogens is 1. The first-order chi connectivity index (χ1) is 7.29. The normalized spacial score (nSPS) is 9.93. The SMILES string of the molecule is O=Cc1cc(Oc2ccccc2)c(Br)s1. The number of aldehydes is 1. The second kappa shape index (κ2) is 4.59. The predicted molar refractivity (Wildman–Crippen MR) is 63.9 cm³/mol. The van der Waals surface area contributed by atoms with Gasteiger partial charge in [-0.05, 0) is 28.1 Å². The first-order valence-corrected chi connectivity index (χ1v) is 5.88. The summed E-state index contributed by atoms with van der Waals surface area (Å²) in [6.45, 7) is 0. The van der Waals surface area contributed by atoms with Crippen LogP contribution in [-0.2, 0) is 0 Å². The highest BCUT2D eigenvalue weighted by atomic mass is 79.9. The molecule has 2 aromatic rings. The molecule has 2 nitrogen and oxygen atoms in total. The van der Waals surface area contributed by atoms with Gasteiger partial charge in [0.05, 0.1) is 4.88 Å². The molecular weight excluding hydrogens is 276 g/mol. The van der Waals surface area contributed by atoms with Crippen LogP contribution in [0.5, 0.6) is 11.5 Å². The zero-order valence-corrected chi connectivity index (χ0v) is 10.0. The number of carbonyl (C=O) groups excluding carboxylic acids is 1. The molecule has 0 unspecified atom stereocenters. The van der Waals surface area contributed by atoms with Gasteiger partial charge in [0.2, 0.25) is 0 Å². The first kappa shape index (κ1) is 10.4. The summed E-state index contributed by atoms with van der Waals surface area (Å²) in [5.41, 5.74) is 0. The maximum Gasteiger partial charge on any atom is 0.160 e. The highest BCUT2D eigenvalue weighted by Gasteiger charge is 2.07. The lowest BCUT2D eigenvalue weighted by Crippen LogP contribution is -1.81. The number of thiophene rings is 1. The molecule has 0 bridgehead atoms. The van der Waals surface area contributed by atoms with Crippen LogP contribution in [0.15, 0.2) is 40.2 Å². The molecule has 0 radical (unpaired) electrons. The Kier molecular flexibility index (Phi) is 3.18. The highest BCUT2D eigenvalue weighted by molar-refractivity contribution is 9.11. The molecule has 0 aliphatic heterocycles. The standard InChI is InChI=1S/C11H7BrO2S/c12-11-10(6-9(7-13)15-11)14-8-4-2-1-3-5-8/h1-7H. The molecule has 0 atom stereocenters. The van der Waals surface area contributed by atoms with E-state index in [0.717, 1.165) is 15.8 Å². The van der Waals surface area contributed by atoms with Gasteiger partial charge >= 0.3 is 0 Å². The number of hydrogen-bond donors (Lipinski definition) is 0. The molecule has 0 aliphatic carbocycles. The van der Waals surface area contributed by atoms with Crippen molar-refractivity contribution < 1.29 is 9.53 Å². The van der Waals surface area contributed by atoms with Crippen molar-refractivity contribution >= 4 is 33.6 Å². The van der Waals surface area contributed by atoms with Gasteiger partial charge in [0.25, 0.3) is 0 Å². The first-order valence-electron chi connectivity index (χ1n) is 4.27. The summed E-state index contributed by atoms with van der Waals surface area (Å²) < 4.78 is 6.42. The quantitative estimate of drug-likeness (QED) is 0.792. The Hall–Kier alpha value is -1.13. The van der Waals surface area contributed by atoms with Crippen LogP contribution in [0.1, 0.15) is 9.67 Å². The smallest absolute Gasteiger partial charge is 0.160 e. The summed E-state index contributed by atoms with van der Waals surface area (Å²) in [4.78, 5) is 11.2. The fourth-order valence-corrected chi connectivity index (χ4v) is 2.49. The van der Waals surface area contributed by atoms with Crippen molar-refractivity contribution in [2.24, 2.45) is 0 Å². The lowest BCUT2D eigenvalue weighted by Gasteiger charge is -2.02. The number of carbonyl (C=O) groups is 1. The van der Waals surface area contributed by atoms with Gasteiger partial charge in [0, 0.05) is 6.07 Å². The minimum Gasteiger partial charge on any atom is -0.455 e. The average Bonchev–Trinajstić information content (AvgIpc) is 2.61. The fourth-order valence-electron chi connectivity index (χ4n) is 1.11. The predicted octanol–water partition coefficient (Wildman–Crippen LogP) is 4.12. The number of benzene rings is 1. The summed E-state index contributed by atoms with van der Waals surface area (Å²) in [5, 5.41) is 0. The van der Waals surface area contributed by atoms with Crippen molar-refractivity contribution in [1.29, 1.82) is 0 Å². The summed E-state index contributed by atoms with van der Waals surface area (Å²) in [7, 11) is 0. The molecule has 4 heteroatoms. The minimum absolute atomic E-state index is 0.646. The van der Waals surface area contributed by atoms with Gasteiger partial charge in [0.1, 0.15) is 9.54 Å². The van der Waals surface area contributed by atoms with Crippen LogP contribution in [-0.4, -0.2) is 6.29 Å². The van der Waals surface area contributed by atoms with Crippen LogP contribution in [0.25, 0.3) is 0 Å². The van der Waals surface area contributed by atoms with Crippen molar-refractivity contribution in [1.82, 2.24) is 0 Å². The Morgan fingerprint density at radius 3 is 2.60 bits per heavy atom. The summed E-state index contributed by atoms with van der Waals surface area (Å²) in [5.74, 6) is 1.43. The van der Waals surface area contributed by atoms with Gasteiger partial charge in [0.15, 0.2) is 12.0 Å². The monoisotopic (exact) mass is 282 g/mol. The number of rotatable bonds is 3. The van der Waals surface area contributed by atoms with Gasteiger partial charge in [-0.1, -0.05) is 18.2 Å². The average molecular weight is 283 g/mol. The third kappa shape index (κ3) is 2.46. The maximum atomic E-state index is 10.6. The van der Waals surface area contributed by atoms with Crippen LogP contribution in [0, 0.1) is 0 Å². The van der Waals surface area contributed by atoms with Gasteiger partial charge < -0.3 is 4.74 Å². The van der Waals surface area contributed by atoms with E-state index in [1.807, 2.05) is 30.3 Å². The van der Waals surface area contributed by atoms with Crippen LogP contribution in [0.4, 0.5) is 0 Å². The zero-order chi connectivity index (χ0) is 10.7. The van der Waals surface area contributed by atoms with Gasteiger partial charge in [-0.3, -0.25) is 4.79 Å². The molecule has 0 fully saturated rings. The lowest BCUT2D eigenvalue weighted by molar-refractivity contribution is 0.112. The lowest BCUT2D eigenvalue weighted by atomic mass is 10.3. The molecule has 0 aliphatic rings. The van der Waals surface area contributed by atoms with Crippen LogP contribution in [0.2, 0.25) is 0 Å². The molecule has 76 valence electrons. The molecule has 0 spiro atoms. The van der Waals surface area contributed by atoms with Gasteiger partial charge in [-0.25, -0.2) is 0 Å². The van der Waals surface area contributed by atoms with E-state index in [4.69, 9.17) is 4.74 Å². The Bertz CT molecular complexity index is 465. The molecular formula is C11H7BrO2S. The summed E-state index contributed by atoms with van der Waals surface area (Å²) in [6.07, 6.45) is 0.813. The van der Waals surface area contributed by atoms with Gasteiger partial charge in [-0.2, -0.15) is 0 Å². The van der Waals surface area contributed by atoms with Crippen molar-refractivity contribution in [3.05, 3.63) is 45.1 Å². The molecule has 1 heterocycles. The van der Waals surface area contributed by atoms with Crippen molar-refractivity contribution in [2.45, 2.75) is 0 Å². The van der Waals surface area contributed by atoms with E-state index in [1.54, 1.807) is 6.07 Å². The number of hydrogen-bond acceptors (Lipinski definition) is 3. The van der Waals surface area contributed by atoms with E-state index in [0.29, 0.717) is 10.6 Å². The van der Waals surface area contributed by atoms with E-state index < -0.39 is 0 Å². The van der Waals surface area contributed by atoms with E-state index in [9.17, 15) is 4.79 Å². The molecule has 0 N–H and O–H groups in total. The molecule has 0 saturated heterocycles. The minimum atomic E-state index is 0.646. The third-order valence-electron chi connectivity index (χ3n) is 1.76. The van der Waals surface area contributed by atoms with Crippen molar-refractivity contribution in [3.63, 3.8) is 0 Å². The molecule has 2 rings (SSSR count). The summed E-state index contributed by atoms with van der Waals surface area (Å²) >= 11 is 4.71. The Morgan fingerprint density at radius 1 is 1.27 bits per heavy atom. The van der Waals surface area contributed by atoms with E-state index in [2.05, 4.69) is 15.9 Å².